The van der Waals surface area contributed by atoms with Crippen LogP contribution in [-0.2, 0) is 9.59 Å². The van der Waals surface area contributed by atoms with E-state index in [1.54, 1.807) is 30.3 Å². The zero-order chi connectivity index (χ0) is 18.4. The summed E-state index contributed by atoms with van der Waals surface area (Å²) in [5, 5.41) is 16.0. The third kappa shape index (κ3) is 5.25. The predicted octanol–water partition coefficient (Wildman–Crippen LogP) is 3.47. The van der Waals surface area contributed by atoms with E-state index in [9.17, 15) is 19.7 Å². The molecule has 0 atom stereocenters. The fourth-order valence-electron chi connectivity index (χ4n) is 2.00. The summed E-state index contributed by atoms with van der Waals surface area (Å²) < 4.78 is 0.681. The van der Waals surface area contributed by atoms with Crippen molar-refractivity contribution in [1.29, 1.82) is 0 Å². The number of anilines is 1. The number of nitro groups is 1. The van der Waals surface area contributed by atoms with Gasteiger partial charge in [0.25, 0.3) is 11.6 Å². The molecule has 2 rings (SSSR count). The van der Waals surface area contributed by atoms with Crippen LogP contribution in [-0.4, -0.2) is 16.7 Å². The summed E-state index contributed by atoms with van der Waals surface area (Å²) in [7, 11) is 0. The Labute approximate surface area is 152 Å². The molecule has 2 amide bonds. The van der Waals surface area contributed by atoms with Gasteiger partial charge in [-0.2, -0.15) is 0 Å². The van der Waals surface area contributed by atoms with Crippen LogP contribution in [0.15, 0.2) is 58.7 Å². The van der Waals surface area contributed by atoms with Crippen molar-refractivity contribution in [3.05, 3.63) is 74.4 Å². The molecule has 2 aromatic rings. The van der Waals surface area contributed by atoms with Gasteiger partial charge in [-0.15, -0.1) is 0 Å². The number of carbonyl (C=O) groups is 2. The second kappa shape index (κ2) is 8.20. The highest BCUT2D eigenvalue weighted by Crippen LogP contribution is 2.22. The lowest BCUT2D eigenvalue weighted by atomic mass is 10.1. The first-order valence-corrected chi connectivity index (χ1v) is 7.96. The van der Waals surface area contributed by atoms with Gasteiger partial charge in [0.15, 0.2) is 0 Å². The largest absolute Gasteiger partial charge is 0.322 e. The van der Waals surface area contributed by atoms with Crippen LogP contribution in [0.3, 0.4) is 0 Å². The molecule has 7 nitrogen and oxygen atoms in total. The van der Waals surface area contributed by atoms with E-state index in [0.29, 0.717) is 15.7 Å². The third-order valence-electron chi connectivity index (χ3n) is 3.07. The van der Waals surface area contributed by atoms with E-state index in [4.69, 9.17) is 0 Å². The average Bonchev–Trinajstić information content (AvgIpc) is 2.56. The van der Waals surface area contributed by atoms with E-state index in [1.807, 2.05) is 0 Å². The average molecular weight is 404 g/mol. The van der Waals surface area contributed by atoms with Crippen LogP contribution in [0.2, 0.25) is 0 Å². The van der Waals surface area contributed by atoms with E-state index in [-0.39, 0.29) is 11.4 Å². The van der Waals surface area contributed by atoms with Gasteiger partial charge in [-0.1, -0.05) is 24.3 Å². The molecule has 0 spiro atoms. The normalized spacial score (nSPS) is 10.9. The summed E-state index contributed by atoms with van der Waals surface area (Å²) in [5.41, 5.74) is 0.814. The molecule has 0 aliphatic rings. The summed E-state index contributed by atoms with van der Waals surface area (Å²) >= 11 is 3.32. The number of non-ortho nitro benzene ring substituents is 1. The van der Waals surface area contributed by atoms with Gasteiger partial charge in [-0.05, 0) is 39.7 Å². The lowest BCUT2D eigenvalue weighted by Gasteiger charge is -2.11. The Hall–Kier alpha value is -3.00. The van der Waals surface area contributed by atoms with Gasteiger partial charge in [0, 0.05) is 23.5 Å². The molecule has 0 bridgehead atoms. The Bertz CT molecular complexity index is 864. The van der Waals surface area contributed by atoms with Gasteiger partial charge in [-0.25, -0.2) is 0 Å². The molecule has 0 unspecified atom stereocenters. The van der Waals surface area contributed by atoms with Crippen molar-refractivity contribution in [3.63, 3.8) is 0 Å². The smallest absolute Gasteiger partial charge is 0.272 e. The van der Waals surface area contributed by atoms with Crippen LogP contribution in [0.1, 0.15) is 12.5 Å². The quantitative estimate of drug-likeness (QED) is 0.453. The van der Waals surface area contributed by atoms with Crippen molar-refractivity contribution in [2.75, 3.05) is 5.32 Å². The van der Waals surface area contributed by atoms with Gasteiger partial charge < -0.3 is 10.6 Å². The maximum absolute atomic E-state index is 12.5. The number of hydrogen-bond acceptors (Lipinski definition) is 4. The summed E-state index contributed by atoms with van der Waals surface area (Å²) in [6.45, 7) is 1.27. The second-order valence-electron chi connectivity index (χ2n) is 5.03. The van der Waals surface area contributed by atoms with E-state index in [0.717, 1.165) is 0 Å². The number of nitrogens with zero attached hydrogens (tertiary/aromatic N) is 1. The monoisotopic (exact) mass is 403 g/mol. The molecule has 128 valence electrons. The molecule has 0 aliphatic heterocycles. The second-order valence-corrected chi connectivity index (χ2v) is 5.88. The highest BCUT2D eigenvalue weighted by molar-refractivity contribution is 9.10. The van der Waals surface area contributed by atoms with Crippen LogP contribution < -0.4 is 10.6 Å². The first-order chi connectivity index (χ1) is 11.9. The van der Waals surface area contributed by atoms with Crippen molar-refractivity contribution < 1.29 is 14.5 Å². The summed E-state index contributed by atoms with van der Waals surface area (Å²) in [4.78, 5) is 34.2. The fourth-order valence-corrected chi connectivity index (χ4v) is 2.38. The molecular formula is C17H14BrN3O4. The lowest BCUT2D eigenvalue weighted by molar-refractivity contribution is -0.384. The first-order valence-electron chi connectivity index (χ1n) is 7.16. The van der Waals surface area contributed by atoms with Crippen LogP contribution in [0.5, 0.6) is 0 Å². The zero-order valence-corrected chi connectivity index (χ0v) is 14.7. The van der Waals surface area contributed by atoms with Gasteiger partial charge in [0.1, 0.15) is 5.70 Å². The van der Waals surface area contributed by atoms with E-state index >= 15 is 0 Å². The van der Waals surface area contributed by atoms with Gasteiger partial charge in [0.2, 0.25) is 5.91 Å². The van der Waals surface area contributed by atoms with E-state index < -0.39 is 16.7 Å². The minimum atomic E-state index is -0.548. The van der Waals surface area contributed by atoms with Crippen LogP contribution >= 0.6 is 15.9 Å². The number of hydrogen-bond donors (Lipinski definition) is 2. The van der Waals surface area contributed by atoms with Crippen molar-refractivity contribution >= 4 is 45.2 Å². The maximum Gasteiger partial charge on any atom is 0.272 e. The Balaban J connectivity index is 2.33. The molecule has 0 fully saturated rings. The minimum absolute atomic E-state index is 0.0243. The number of nitro benzene ring substituents is 1. The highest BCUT2D eigenvalue weighted by Gasteiger charge is 2.14. The van der Waals surface area contributed by atoms with Crippen LogP contribution in [0.4, 0.5) is 11.4 Å². The Morgan fingerprint density at radius 1 is 1.16 bits per heavy atom. The number of halogens is 1. The minimum Gasteiger partial charge on any atom is -0.322 e. The molecule has 0 aromatic heterocycles. The summed E-state index contributed by atoms with van der Waals surface area (Å²) in [6.07, 6.45) is 1.38. The summed E-state index contributed by atoms with van der Waals surface area (Å²) in [5.74, 6) is -0.979. The standard InChI is InChI=1S/C17H14BrN3O4/c1-11(22)19-16(10-12-5-4-6-13(9-12)21(24)25)17(23)20-15-8-3-2-7-14(15)18/h2-10H,1H3,(H,19,22)(H,20,23)/b16-10-. The van der Waals surface area contributed by atoms with E-state index in [1.165, 1.54) is 31.2 Å². The fraction of sp³-hybridized carbons (Fsp3) is 0.0588. The predicted molar refractivity (Wildman–Crippen MR) is 97.7 cm³/mol. The van der Waals surface area contributed by atoms with Crippen molar-refractivity contribution in [3.8, 4) is 0 Å². The molecule has 0 heterocycles. The molecule has 0 radical (unpaired) electrons. The topological polar surface area (TPSA) is 101 Å². The first kappa shape index (κ1) is 18.3. The molecule has 8 heteroatoms. The molecule has 0 aliphatic carbocycles. The molecule has 25 heavy (non-hydrogen) atoms. The van der Waals surface area contributed by atoms with Gasteiger partial charge in [-0.3, -0.25) is 19.7 Å². The van der Waals surface area contributed by atoms with Gasteiger partial charge in [0.05, 0.1) is 10.6 Å². The third-order valence-corrected chi connectivity index (χ3v) is 3.76. The highest BCUT2D eigenvalue weighted by atomic mass is 79.9. The summed E-state index contributed by atoms with van der Waals surface area (Å²) in [6, 6.07) is 12.8. The number of amides is 2. The molecule has 2 aromatic carbocycles. The van der Waals surface area contributed by atoms with Crippen molar-refractivity contribution in [2.24, 2.45) is 0 Å². The molecule has 0 saturated carbocycles. The Morgan fingerprint density at radius 2 is 1.88 bits per heavy atom. The molecule has 0 saturated heterocycles. The number of para-hydroxylation sites is 1. The lowest BCUT2D eigenvalue weighted by Crippen LogP contribution is -2.29. The van der Waals surface area contributed by atoms with Crippen LogP contribution in [0.25, 0.3) is 6.08 Å². The van der Waals surface area contributed by atoms with Gasteiger partial charge >= 0.3 is 0 Å². The number of nitrogens with one attached hydrogen (secondary N) is 2. The van der Waals surface area contributed by atoms with Crippen LogP contribution in [0, 0.1) is 10.1 Å². The molecule has 2 N–H and O–H groups in total. The number of benzene rings is 2. The van der Waals surface area contributed by atoms with Crippen molar-refractivity contribution in [1.82, 2.24) is 5.32 Å². The van der Waals surface area contributed by atoms with Crippen molar-refractivity contribution in [2.45, 2.75) is 6.92 Å². The Kier molecular flexibility index (Phi) is 6.02. The molecular weight excluding hydrogens is 390 g/mol. The zero-order valence-electron chi connectivity index (χ0n) is 13.2. The Morgan fingerprint density at radius 3 is 2.52 bits per heavy atom. The number of rotatable bonds is 5. The SMILES string of the molecule is CC(=O)N/C(=C\c1cccc([N+](=O)[O-])c1)C(=O)Nc1ccccc1Br. The maximum atomic E-state index is 12.5. The number of carbonyl (C=O) groups excluding carboxylic acids is 2. The van der Waals surface area contributed by atoms with E-state index in [2.05, 4.69) is 26.6 Å².